The summed E-state index contributed by atoms with van der Waals surface area (Å²) in [5.74, 6) is -2.06. The number of aromatic nitrogens is 2. The van der Waals surface area contributed by atoms with Gasteiger partial charge in [-0.1, -0.05) is 23.2 Å². The van der Waals surface area contributed by atoms with Gasteiger partial charge in [0, 0.05) is 24.2 Å². The van der Waals surface area contributed by atoms with E-state index >= 15 is 0 Å². The number of ether oxygens (including phenoxy) is 2. The van der Waals surface area contributed by atoms with Crippen LogP contribution in [0, 0.1) is 11.8 Å². The fourth-order valence-electron chi connectivity index (χ4n) is 2.48. The molecule has 0 saturated heterocycles. The first-order valence-corrected chi connectivity index (χ1v) is 9.26. The van der Waals surface area contributed by atoms with Crippen molar-refractivity contribution in [1.29, 1.82) is 0 Å². The molecule has 0 aliphatic heterocycles. The van der Waals surface area contributed by atoms with Gasteiger partial charge in [-0.3, -0.25) is 0 Å². The molecule has 3 rings (SSSR count). The summed E-state index contributed by atoms with van der Waals surface area (Å²) in [6.07, 6.45) is 2.92. The normalized spacial score (nSPS) is 20.0. The molecule has 142 valence electrons. The SMILES string of the molecule is O=C(OCC1C(COC(=O)c2cccnc2Cl)C1(Cl)Cl)c1cccnc1Cl. The summed E-state index contributed by atoms with van der Waals surface area (Å²) < 4.78 is 9.24. The minimum absolute atomic E-state index is 0.0418. The molecule has 27 heavy (non-hydrogen) atoms. The predicted octanol–water partition coefficient (Wildman–Crippen LogP) is 4.22. The molecule has 0 amide bonds. The first kappa shape index (κ1) is 20.1. The largest absolute Gasteiger partial charge is 0.462 e. The molecule has 1 aliphatic rings. The number of esters is 2. The fraction of sp³-hybridized carbons (Fsp3) is 0.294. The molecule has 0 bridgehead atoms. The monoisotopic (exact) mass is 448 g/mol. The summed E-state index contributed by atoms with van der Waals surface area (Å²) in [6, 6.07) is 6.13. The maximum absolute atomic E-state index is 12.1. The molecule has 1 aliphatic carbocycles. The zero-order valence-corrected chi connectivity index (χ0v) is 16.6. The van der Waals surface area contributed by atoms with E-state index in [1.807, 2.05) is 0 Å². The van der Waals surface area contributed by atoms with E-state index < -0.39 is 28.1 Å². The van der Waals surface area contributed by atoms with Gasteiger partial charge in [-0.25, -0.2) is 19.6 Å². The number of nitrogens with zero attached hydrogens (tertiary/aromatic N) is 2. The number of hydrogen-bond donors (Lipinski definition) is 0. The van der Waals surface area contributed by atoms with Crippen molar-refractivity contribution in [3.05, 3.63) is 58.1 Å². The second kappa shape index (κ2) is 8.19. The van der Waals surface area contributed by atoms with Gasteiger partial charge < -0.3 is 9.47 Å². The lowest BCUT2D eigenvalue weighted by molar-refractivity contribution is 0.0418. The van der Waals surface area contributed by atoms with Crippen LogP contribution in [0.3, 0.4) is 0 Å². The van der Waals surface area contributed by atoms with Crippen molar-refractivity contribution in [1.82, 2.24) is 9.97 Å². The molecular formula is C17H12Cl4N2O4. The standard InChI is InChI=1S/C17H12Cl4N2O4/c18-13-9(3-1-5-22-13)15(24)26-7-11-12(17(11,20)21)8-27-16(25)10-4-2-6-23-14(10)19/h1-6,11-12H,7-8H2. The van der Waals surface area contributed by atoms with E-state index in [0.717, 1.165) is 0 Å². The molecule has 0 N–H and O–H groups in total. The average molecular weight is 450 g/mol. The molecule has 2 aromatic rings. The third-order valence-corrected chi connectivity index (χ3v) is 5.83. The second-order valence-electron chi connectivity index (χ2n) is 5.77. The lowest BCUT2D eigenvalue weighted by Gasteiger charge is -2.06. The van der Waals surface area contributed by atoms with Crippen LogP contribution in [0.15, 0.2) is 36.7 Å². The molecule has 0 aromatic carbocycles. The quantitative estimate of drug-likeness (QED) is 0.373. The Morgan fingerprint density at radius 2 is 1.30 bits per heavy atom. The number of carbonyl (C=O) groups is 2. The van der Waals surface area contributed by atoms with E-state index in [9.17, 15) is 9.59 Å². The Kier molecular flexibility index (Phi) is 6.11. The number of rotatable bonds is 6. The Balaban J connectivity index is 1.53. The van der Waals surface area contributed by atoms with Crippen LogP contribution in [0.2, 0.25) is 10.3 Å². The van der Waals surface area contributed by atoms with Crippen molar-refractivity contribution < 1.29 is 19.1 Å². The lowest BCUT2D eigenvalue weighted by Crippen LogP contribution is -2.12. The van der Waals surface area contributed by atoms with E-state index in [1.54, 1.807) is 12.1 Å². The summed E-state index contributed by atoms with van der Waals surface area (Å²) in [5.41, 5.74) is 0.285. The van der Waals surface area contributed by atoms with Gasteiger partial charge in [0.1, 0.15) is 14.6 Å². The summed E-state index contributed by atoms with van der Waals surface area (Å²) in [7, 11) is 0. The maximum atomic E-state index is 12.1. The number of carbonyl (C=O) groups excluding carboxylic acids is 2. The zero-order valence-electron chi connectivity index (χ0n) is 13.6. The van der Waals surface area contributed by atoms with Gasteiger partial charge in [-0.05, 0) is 24.3 Å². The van der Waals surface area contributed by atoms with Crippen LogP contribution in [0.4, 0.5) is 0 Å². The summed E-state index contributed by atoms with van der Waals surface area (Å²) in [4.78, 5) is 31.7. The van der Waals surface area contributed by atoms with Crippen molar-refractivity contribution in [2.45, 2.75) is 4.33 Å². The van der Waals surface area contributed by atoms with Gasteiger partial charge in [-0.2, -0.15) is 0 Å². The molecule has 10 heteroatoms. The Bertz CT molecular complexity index is 808. The summed E-state index contributed by atoms with van der Waals surface area (Å²) >= 11 is 24.1. The third-order valence-electron chi connectivity index (χ3n) is 4.11. The second-order valence-corrected chi connectivity index (χ2v) is 7.93. The maximum Gasteiger partial charge on any atom is 0.341 e. The smallest absolute Gasteiger partial charge is 0.341 e. The van der Waals surface area contributed by atoms with E-state index in [4.69, 9.17) is 55.9 Å². The molecule has 0 radical (unpaired) electrons. The molecule has 1 fully saturated rings. The van der Waals surface area contributed by atoms with Crippen LogP contribution in [0.5, 0.6) is 0 Å². The van der Waals surface area contributed by atoms with Crippen LogP contribution in [-0.4, -0.2) is 39.5 Å². The van der Waals surface area contributed by atoms with Crippen molar-refractivity contribution >= 4 is 58.3 Å². The Morgan fingerprint density at radius 1 is 0.889 bits per heavy atom. The van der Waals surface area contributed by atoms with E-state index in [1.165, 1.54) is 24.5 Å². The van der Waals surface area contributed by atoms with Gasteiger partial charge in [0.05, 0.1) is 24.3 Å². The van der Waals surface area contributed by atoms with Crippen LogP contribution in [-0.2, 0) is 9.47 Å². The third kappa shape index (κ3) is 4.46. The summed E-state index contributed by atoms with van der Waals surface area (Å²) in [5, 5.41) is 0.0836. The Labute approximate surface area is 174 Å². The molecule has 2 aromatic heterocycles. The van der Waals surface area contributed by atoms with Crippen LogP contribution in [0.25, 0.3) is 0 Å². The minimum atomic E-state index is -1.17. The fourth-order valence-corrected chi connectivity index (χ4v) is 3.61. The number of halogens is 4. The van der Waals surface area contributed by atoms with Crippen LogP contribution < -0.4 is 0 Å². The zero-order chi connectivity index (χ0) is 19.6. The number of alkyl halides is 2. The van der Waals surface area contributed by atoms with Crippen molar-refractivity contribution in [2.24, 2.45) is 11.8 Å². The van der Waals surface area contributed by atoms with Gasteiger partial charge in [-0.15, -0.1) is 23.2 Å². The average Bonchev–Trinajstić information content (AvgIpc) is 3.17. The van der Waals surface area contributed by atoms with Crippen LogP contribution >= 0.6 is 46.4 Å². The van der Waals surface area contributed by atoms with Gasteiger partial charge in [0.25, 0.3) is 0 Å². The highest BCUT2D eigenvalue weighted by Crippen LogP contribution is 2.59. The van der Waals surface area contributed by atoms with Gasteiger partial charge in [0.2, 0.25) is 0 Å². The first-order chi connectivity index (χ1) is 12.8. The Hall–Kier alpha value is -1.60. The van der Waals surface area contributed by atoms with E-state index in [-0.39, 0.29) is 34.6 Å². The molecule has 2 unspecified atom stereocenters. The Morgan fingerprint density at radius 3 is 1.67 bits per heavy atom. The van der Waals surface area contributed by atoms with Crippen LogP contribution in [0.1, 0.15) is 20.7 Å². The first-order valence-electron chi connectivity index (χ1n) is 7.75. The molecular weight excluding hydrogens is 438 g/mol. The number of hydrogen-bond acceptors (Lipinski definition) is 6. The van der Waals surface area contributed by atoms with E-state index in [0.29, 0.717) is 0 Å². The summed E-state index contributed by atoms with van der Waals surface area (Å²) in [6.45, 7) is -0.0974. The highest BCUT2D eigenvalue weighted by Gasteiger charge is 2.64. The lowest BCUT2D eigenvalue weighted by atomic mass is 10.3. The molecule has 6 nitrogen and oxygen atoms in total. The molecule has 2 atom stereocenters. The topological polar surface area (TPSA) is 78.4 Å². The van der Waals surface area contributed by atoms with Crippen molar-refractivity contribution in [3.8, 4) is 0 Å². The van der Waals surface area contributed by atoms with Gasteiger partial charge >= 0.3 is 11.9 Å². The van der Waals surface area contributed by atoms with Gasteiger partial charge in [0.15, 0.2) is 0 Å². The highest BCUT2D eigenvalue weighted by atomic mass is 35.5. The highest BCUT2D eigenvalue weighted by molar-refractivity contribution is 6.51. The molecule has 2 heterocycles. The van der Waals surface area contributed by atoms with Crippen molar-refractivity contribution in [3.63, 3.8) is 0 Å². The molecule has 1 saturated carbocycles. The van der Waals surface area contributed by atoms with E-state index in [2.05, 4.69) is 9.97 Å². The minimum Gasteiger partial charge on any atom is -0.462 e. The predicted molar refractivity (Wildman–Crippen MR) is 100 cm³/mol. The number of pyridine rings is 2. The molecule has 0 spiro atoms. The van der Waals surface area contributed by atoms with Crippen molar-refractivity contribution in [2.75, 3.05) is 13.2 Å².